The van der Waals surface area contributed by atoms with Crippen molar-refractivity contribution in [3.05, 3.63) is 81.7 Å². The second kappa shape index (κ2) is 12.5. The summed E-state index contributed by atoms with van der Waals surface area (Å²) in [5, 5.41) is 12.7. The number of carbonyl (C=O) groups is 2. The molecular formula is C25H20Cl2N2O6. The molecule has 0 saturated heterocycles. The largest absolute Gasteiger partial charge is 0.490 e. The molecule has 0 saturated carbocycles. The zero-order valence-corrected chi connectivity index (χ0v) is 20.1. The molecule has 0 spiro atoms. The van der Waals surface area contributed by atoms with Crippen molar-refractivity contribution < 1.29 is 28.2 Å². The number of nitrogens with zero attached hydrogens (tertiary/aromatic N) is 1. The van der Waals surface area contributed by atoms with E-state index in [0.717, 1.165) is 0 Å². The third kappa shape index (κ3) is 7.54. The summed E-state index contributed by atoms with van der Waals surface area (Å²) in [5.74, 6) is -0.0493. The third-order valence-corrected chi connectivity index (χ3v) is 4.96. The van der Waals surface area contributed by atoms with E-state index in [0.29, 0.717) is 28.0 Å². The van der Waals surface area contributed by atoms with Crippen LogP contribution in [0.3, 0.4) is 0 Å². The highest BCUT2D eigenvalue weighted by Gasteiger charge is 2.15. The van der Waals surface area contributed by atoms with Crippen molar-refractivity contribution in [2.45, 2.75) is 13.5 Å². The molecule has 1 N–H and O–H groups in total. The van der Waals surface area contributed by atoms with Crippen LogP contribution in [0.4, 0.5) is 0 Å². The molecule has 0 fully saturated rings. The van der Waals surface area contributed by atoms with Gasteiger partial charge in [-0.2, -0.15) is 5.26 Å². The average Bonchev–Trinajstić information content (AvgIpc) is 3.37. The lowest BCUT2D eigenvalue weighted by Gasteiger charge is -2.12. The van der Waals surface area contributed by atoms with E-state index in [1.54, 1.807) is 43.3 Å². The van der Waals surface area contributed by atoms with Crippen LogP contribution in [0.2, 0.25) is 10.0 Å². The van der Waals surface area contributed by atoms with Crippen molar-refractivity contribution in [3.63, 3.8) is 0 Å². The van der Waals surface area contributed by atoms with Gasteiger partial charge in [0.2, 0.25) is 0 Å². The fourth-order valence-electron chi connectivity index (χ4n) is 2.83. The summed E-state index contributed by atoms with van der Waals surface area (Å²) in [6.07, 6.45) is 2.89. The maximum atomic E-state index is 12.4. The van der Waals surface area contributed by atoms with E-state index in [1.807, 2.05) is 6.07 Å². The van der Waals surface area contributed by atoms with E-state index in [1.165, 1.54) is 24.5 Å². The van der Waals surface area contributed by atoms with Crippen molar-refractivity contribution in [3.8, 4) is 23.3 Å². The molecule has 0 aliphatic carbocycles. The Balaban J connectivity index is 1.68. The van der Waals surface area contributed by atoms with Gasteiger partial charge in [-0.05, 0) is 55.0 Å². The van der Waals surface area contributed by atoms with Gasteiger partial charge in [-0.3, -0.25) is 4.79 Å². The first-order valence-corrected chi connectivity index (χ1v) is 11.1. The van der Waals surface area contributed by atoms with Gasteiger partial charge < -0.3 is 23.9 Å². The Morgan fingerprint density at radius 3 is 2.63 bits per heavy atom. The highest BCUT2D eigenvalue weighted by atomic mass is 35.5. The van der Waals surface area contributed by atoms with Crippen LogP contribution < -0.4 is 19.5 Å². The summed E-state index contributed by atoms with van der Waals surface area (Å²) in [6.45, 7) is 1.79. The second-order valence-corrected chi connectivity index (χ2v) is 7.75. The number of nitriles is 1. The predicted molar refractivity (Wildman–Crippen MR) is 129 cm³/mol. The molecule has 1 amide bonds. The number of carbonyl (C=O) groups excluding carboxylic acids is 2. The Hall–Kier alpha value is -3.93. The summed E-state index contributed by atoms with van der Waals surface area (Å²) in [4.78, 5) is 24.7. The Morgan fingerprint density at radius 2 is 1.91 bits per heavy atom. The van der Waals surface area contributed by atoms with Crippen LogP contribution in [0, 0.1) is 11.3 Å². The third-order valence-electron chi connectivity index (χ3n) is 4.41. The molecule has 0 atom stereocenters. The predicted octanol–water partition coefficient (Wildman–Crippen LogP) is 5.19. The van der Waals surface area contributed by atoms with Crippen LogP contribution in [0.15, 0.2) is 64.8 Å². The number of amides is 1. The number of ether oxygens (including phenoxy) is 3. The second-order valence-electron chi connectivity index (χ2n) is 6.91. The fourth-order valence-corrected chi connectivity index (χ4v) is 3.17. The molecule has 3 rings (SSSR count). The van der Waals surface area contributed by atoms with Gasteiger partial charge in [-0.25, -0.2) is 4.79 Å². The van der Waals surface area contributed by atoms with E-state index >= 15 is 0 Å². The standard InChI is InChI=1S/C25H20Cl2N2O6/c1-2-32-23-11-16(10-17(13-28)25(31)29-14-19-4-3-9-33-19)5-8-21(23)35-24(30)15-34-22-12-18(26)6-7-20(22)27/h3-12H,2,14-15H2,1H3,(H,29,31)/b17-10+. The van der Waals surface area contributed by atoms with Gasteiger partial charge in [0.05, 0.1) is 24.4 Å². The van der Waals surface area contributed by atoms with Crippen molar-refractivity contribution >= 4 is 41.2 Å². The molecule has 2 aromatic carbocycles. The molecule has 8 nitrogen and oxygen atoms in total. The summed E-state index contributed by atoms with van der Waals surface area (Å²) in [7, 11) is 0. The van der Waals surface area contributed by atoms with Crippen molar-refractivity contribution in [2.24, 2.45) is 0 Å². The zero-order chi connectivity index (χ0) is 25.2. The van der Waals surface area contributed by atoms with Crippen molar-refractivity contribution in [1.29, 1.82) is 5.26 Å². The van der Waals surface area contributed by atoms with Crippen LogP contribution >= 0.6 is 23.2 Å². The van der Waals surface area contributed by atoms with Gasteiger partial charge in [0, 0.05) is 11.1 Å². The van der Waals surface area contributed by atoms with E-state index in [4.69, 9.17) is 41.8 Å². The van der Waals surface area contributed by atoms with Crippen LogP contribution in [0.5, 0.6) is 17.2 Å². The number of halogens is 2. The lowest BCUT2D eigenvalue weighted by molar-refractivity contribution is -0.136. The molecule has 1 heterocycles. The maximum Gasteiger partial charge on any atom is 0.349 e. The minimum Gasteiger partial charge on any atom is -0.490 e. The first-order valence-electron chi connectivity index (χ1n) is 10.4. The number of hydrogen-bond donors (Lipinski definition) is 1. The lowest BCUT2D eigenvalue weighted by Crippen LogP contribution is -2.23. The van der Waals surface area contributed by atoms with Gasteiger partial charge in [-0.1, -0.05) is 29.3 Å². The van der Waals surface area contributed by atoms with Crippen molar-refractivity contribution in [2.75, 3.05) is 13.2 Å². The van der Waals surface area contributed by atoms with Crippen molar-refractivity contribution in [1.82, 2.24) is 5.32 Å². The Morgan fingerprint density at radius 1 is 1.09 bits per heavy atom. The molecule has 180 valence electrons. The van der Waals surface area contributed by atoms with Crippen LogP contribution in [0.1, 0.15) is 18.2 Å². The first-order chi connectivity index (χ1) is 16.9. The molecule has 0 aliphatic rings. The monoisotopic (exact) mass is 514 g/mol. The highest BCUT2D eigenvalue weighted by molar-refractivity contribution is 6.34. The Labute approximate surface area is 211 Å². The van der Waals surface area contributed by atoms with E-state index < -0.39 is 18.5 Å². The Kier molecular flexibility index (Phi) is 9.18. The van der Waals surface area contributed by atoms with Gasteiger partial charge in [-0.15, -0.1) is 0 Å². The molecule has 3 aromatic rings. The number of nitrogens with one attached hydrogen (secondary N) is 1. The zero-order valence-electron chi connectivity index (χ0n) is 18.5. The fraction of sp³-hybridized carbons (Fsp3) is 0.160. The molecule has 0 unspecified atom stereocenters. The molecule has 0 bridgehead atoms. The minimum atomic E-state index is -0.694. The SMILES string of the molecule is CCOc1cc(/C=C(\C#N)C(=O)NCc2ccco2)ccc1OC(=O)COc1cc(Cl)ccc1Cl. The Bertz CT molecular complexity index is 1270. The van der Waals surface area contributed by atoms with Gasteiger partial charge in [0.1, 0.15) is 23.2 Å². The van der Waals surface area contributed by atoms with Gasteiger partial charge in [0.25, 0.3) is 5.91 Å². The molecule has 10 heteroatoms. The van der Waals surface area contributed by atoms with Crippen LogP contribution in [0.25, 0.3) is 6.08 Å². The highest BCUT2D eigenvalue weighted by Crippen LogP contribution is 2.30. The number of rotatable bonds is 10. The first kappa shape index (κ1) is 25.7. The quantitative estimate of drug-likeness (QED) is 0.171. The molecule has 1 aromatic heterocycles. The average molecular weight is 515 g/mol. The molecular weight excluding hydrogens is 495 g/mol. The maximum absolute atomic E-state index is 12.4. The molecule has 35 heavy (non-hydrogen) atoms. The molecule has 0 radical (unpaired) electrons. The van der Waals surface area contributed by atoms with E-state index in [2.05, 4.69) is 5.32 Å². The number of furan rings is 1. The summed E-state index contributed by atoms with van der Waals surface area (Å²) >= 11 is 11.9. The van der Waals surface area contributed by atoms with Crippen LogP contribution in [-0.4, -0.2) is 25.1 Å². The smallest absolute Gasteiger partial charge is 0.349 e. The van der Waals surface area contributed by atoms with E-state index in [-0.39, 0.29) is 29.4 Å². The minimum absolute atomic E-state index is 0.115. The number of benzene rings is 2. The molecule has 0 aliphatic heterocycles. The summed E-state index contributed by atoms with van der Waals surface area (Å²) in [6, 6.07) is 14.5. The summed E-state index contributed by atoms with van der Waals surface area (Å²) in [5.41, 5.74) is 0.385. The topological polar surface area (TPSA) is 111 Å². The van der Waals surface area contributed by atoms with Gasteiger partial charge >= 0.3 is 5.97 Å². The van der Waals surface area contributed by atoms with E-state index in [9.17, 15) is 14.9 Å². The normalized spacial score (nSPS) is 10.9. The lowest BCUT2D eigenvalue weighted by atomic mass is 10.1. The number of esters is 1. The van der Waals surface area contributed by atoms with Crippen LogP contribution in [-0.2, 0) is 16.1 Å². The van der Waals surface area contributed by atoms with Gasteiger partial charge in [0.15, 0.2) is 18.1 Å². The summed E-state index contributed by atoms with van der Waals surface area (Å²) < 4.78 is 21.5. The number of hydrogen-bond acceptors (Lipinski definition) is 7.